The SMILES string of the molecule is CC(=O)/C=C/C1=C(C)[C@H](O)[C@@H](O)CC1(C)C. The maximum atomic E-state index is 10.9. The van der Waals surface area contributed by atoms with Crippen LogP contribution in [0, 0.1) is 5.41 Å². The lowest BCUT2D eigenvalue weighted by atomic mass is 9.70. The molecule has 1 aliphatic rings. The summed E-state index contributed by atoms with van der Waals surface area (Å²) in [6, 6.07) is 0. The van der Waals surface area contributed by atoms with Crippen LogP contribution in [0.25, 0.3) is 0 Å². The van der Waals surface area contributed by atoms with Gasteiger partial charge in [-0.1, -0.05) is 19.9 Å². The van der Waals surface area contributed by atoms with E-state index in [2.05, 4.69) is 0 Å². The van der Waals surface area contributed by atoms with Crippen LogP contribution in [0.5, 0.6) is 0 Å². The number of carbonyl (C=O) groups excluding carboxylic acids is 1. The van der Waals surface area contributed by atoms with Gasteiger partial charge >= 0.3 is 0 Å². The van der Waals surface area contributed by atoms with Gasteiger partial charge in [0, 0.05) is 0 Å². The monoisotopic (exact) mass is 224 g/mol. The second-order valence-corrected chi connectivity index (χ2v) is 5.14. The van der Waals surface area contributed by atoms with E-state index < -0.39 is 12.2 Å². The Morgan fingerprint density at radius 2 is 2.00 bits per heavy atom. The Morgan fingerprint density at radius 1 is 1.44 bits per heavy atom. The normalized spacial score (nSPS) is 29.9. The smallest absolute Gasteiger partial charge is 0.152 e. The topological polar surface area (TPSA) is 57.5 Å². The fraction of sp³-hybridized carbons (Fsp3) is 0.615. The average Bonchev–Trinajstić information content (AvgIpc) is 2.12. The van der Waals surface area contributed by atoms with Crippen molar-refractivity contribution in [2.45, 2.75) is 46.3 Å². The lowest BCUT2D eigenvalue weighted by Gasteiger charge is -2.38. The Bertz CT molecular complexity index is 350. The van der Waals surface area contributed by atoms with Crippen molar-refractivity contribution in [3.05, 3.63) is 23.3 Å². The van der Waals surface area contributed by atoms with Crippen molar-refractivity contribution < 1.29 is 15.0 Å². The molecule has 0 saturated carbocycles. The van der Waals surface area contributed by atoms with E-state index in [1.807, 2.05) is 13.8 Å². The van der Waals surface area contributed by atoms with Gasteiger partial charge in [-0.05, 0) is 42.9 Å². The van der Waals surface area contributed by atoms with Crippen molar-refractivity contribution in [3.63, 3.8) is 0 Å². The molecule has 0 heterocycles. The molecule has 0 unspecified atom stereocenters. The zero-order chi connectivity index (χ0) is 12.5. The minimum Gasteiger partial charge on any atom is -0.390 e. The van der Waals surface area contributed by atoms with Crippen LogP contribution in [-0.2, 0) is 4.79 Å². The summed E-state index contributed by atoms with van der Waals surface area (Å²) in [5.74, 6) is -0.0169. The fourth-order valence-electron chi connectivity index (χ4n) is 2.28. The molecule has 1 aliphatic carbocycles. The van der Waals surface area contributed by atoms with E-state index in [0.717, 1.165) is 11.1 Å². The lowest BCUT2D eigenvalue weighted by molar-refractivity contribution is -0.112. The van der Waals surface area contributed by atoms with Crippen LogP contribution >= 0.6 is 0 Å². The van der Waals surface area contributed by atoms with Gasteiger partial charge in [0.2, 0.25) is 0 Å². The molecule has 16 heavy (non-hydrogen) atoms. The number of carbonyl (C=O) groups is 1. The van der Waals surface area contributed by atoms with Gasteiger partial charge in [0.15, 0.2) is 5.78 Å². The number of rotatable bonds is 2. The number of hydrogen-bond donors (Lipinski definition) is 2. The zero-order valence-corrected chi connectivity index (χ0v) is 10.3. The van der Waals surface area contributed by atoms with Gasteiger partial charge in [0.1, 0.15) is 6.10 Å². The van der Waals surface area contributed by atoms with Crippen LogP contribution in [0.2, 0.25) is 0 Å². The number of allylic oxidation sites excluding steroid dienone is 3. The van der Waals surface area contributed by atoms with Crippen molar-refractivity contribution in [1.29, 1.82) is 0 Å². The summed E-state index contributed by atoms with van der Waals surface area (Å²) in [7, 11) is 0. The third kappa shape index (κ3) is 2.60. The van der Waals surface area contributed by atoms with E-state index in [1.54, 1.807) is 13.0 Å². The Labute approximate surface area is 96.5 Å². The number of aliphatic hydroxyl groups is 2. The van der Waals surface area contributed by atoms with E-state index in [0.29, 0.717) is 6.42 Å². The van der Waals surface area contributed by atoms with Gasteiger partial charge in [-0.2, -0.15) is 0 Å². The van der Waals surface area contributed by atoms with E-state index in [9.17, 15) is 15.0 Å². The van der Waals surface area contributed by atoms with Crippen molar-refractivity contribution in [2.75, 3.05) is 0 Å². The first-order chi connectivity index (χ1) is 7.25. The van der Waals surface area contributed by atoms with Crippen molar-refractivity contribution in [1.82, 2.24) is 0 Å². The van der Waals surface area contributed by atoms with Gasteiger partial charge in [0.05, 0.1) is 6.10 Å². The molecule has 3 nitrogen and oxygen atoms in total. The number of hydrogen-bond acceptors (Lipinski definition) is 3. The third-order valence-corrected chi connectivity index (χ3v) is 3.17. The fourth-order valence-corrected chi connectivity index (χ4v) is 2.28. The third-order valence-electron chi connectivity index (χ3n) is 3.17. The first-order valence-electron chi connectivity index (χ1n) is 5.52. The van der Waals surface area contributed by atoms with E-state index in [4.69, 9.17) is 0 Å². The molecule has 0 bridgehead atoms. The summed E-state index contributed by atoms with van der Waals surface area (Å²) < 4.78 is 0. The second kappa shape index (κ2) is 4.52. The number of ketones is 1. The lowest BCUT2D eigenvalue weighted by Crippen LogP contribution is -2.39. The summed E-state index contributed by atoms with van der Waals surface area (Å²) in [4.78, 5) is 10.9. The van der Waals surface area contributed by atoms with Crippen molar-refractivity contribution >= 4 is 5.78 Å². The molecule has 1 rings (SSSR count). The van der Waals surface area contributed by atoms with E-state index in [1.165, 1.54) is 13.0 Å². The Balaban J connectivity index is 3.14. The highest BCUT2D eigenvalue weighted by Crippen LogP contribution is 2.40. The quantitative estimate of drug-likeness (QED) is 0.700. The molecule has 2 N–H and O–H groups in total. The Kier molecular flexibility index (Phi) is 3.71. The zero-order valence-electron chi connectivity index (χ0n) is 10.3. The maximum Gasteiger partial charge on any atom is 0.152 e. The molecule has 0 amide bonds. The van der Waals surface area contributed by atoms with Gasteiger partial charge in [-0.15, -0.1) is 0 Å². The average molecular weight is 224 g/mol. The van der Waals surface area contributed by atoms with Crippen LogP contribution in [0.15, 0.2) is 23.3 Å². The molecule has 0 saturated heterocycles. The standard InChI is InChI=1S/C13H20O3/c1-8(14)5-6-10-9(2)12(16)11(15)7-13(10,3)4/h5-6,11-12,15-16H,7H2,1-4H3/b6-5+/t11-,12-/m0/s1. The minimum absolute atomic E-state index is 0.0169. The molecule has 0 fully saturated rings. The molecule has 0 aromatic heterocycles. The largest absolute Gasteiger partial charge is 0.390 e. The minimum atomic E-state index is -0.820. The summed E-state index contributed by atoms with van der Waals surface area (Å²) in [5.41, 5.74) is 1.48. The van der Waals surface area contributed by atoms with Crippen LogP contribution in [0.4, 0.5) is 0 Å². The van der Waals surface area contributed by atoms with Crippen LogP contribution < -0.4 is 0 Å². The summed E-state index contributed by atoms with van der Waals surface area (Å²) >= 11 is 0. The first kappa shape index (κ1) is 13.1. The molecule has 2 atom stereocenters. The molecular weight excluding hydrogens is 204 g/mol. The number of aliphatic hydroxyl groups excluding tert-OH is 2. The molecule has 0 radical (unpaired) electrons. The highest BCUT2D eigenvalue weighted by molar-refractivity contribution is 5.87. The Morgan fingerprint density at radius 3 is 2.50 bits per heavy atom. The van der Waals surface area contributed by atoms with Gasteiger partial charge in [-0.3, -0.25) is 4.79 Å². The maximum absolute atomic E-state index is 10.9. The van der Waals surface area contributed by atoms with Crippen LogP contribution in [-0.4, -0.2) is 28.2 Å². The van der Waals surface area contributed by atoms with Crippen LogP contribution in [0.1, 0.15) is 34.1 Å². The molecule has 0 aromatic carbocycles. The highest BCUT2D eigenvalue weighted by Gasteiger charge is 2.36. The van der Waals surface area contributed by atoms with Gasteiger partial charge in [-0.25, -0.2) is 0 Å². The Hall–Kier alpha value is -0.930. The summed E-state index contributed by atoms with van der Waals surface area (Å²) in [6.45, 7) is 7.30. The van der Waals surface area contributed by atoms with Gasteiger partial charge in [0.25, 0.3) is 0 Å². The molecule has 90 valence electrons. The highest BCUT2D eigenvalue weighted by atomic mass is 16.3. The van der Waals surface area contributed by atoms with Crippen molar-refractivity contribution in [3.8, 4) is 0 Å². The first-order valence-corrected chi connectivity index (χ1v) is 5.52. The van der Waals surface area contributed by atoms with E-state index >= 15 is 0 Å². The summed E-state index contributed by atoms with van der Waals surface area (Å²) in [6.07, 6.45) is 2.23. The van der Waals surface area contributed by atoms with Crippen molar-refractivity contribution in [2.24, 2.45) is 5.41 Å². The predicted octanol–water partition coefficient (Wildman–Crippen LogP) is 1.60. The summed E-state index contributed by atoms with van der Waals surface area (Å²) in [5, 5.41) is 19.5. The molecule has 0 aromatic rings. The van der Waals surface area contributed by atoms with Gasteiger partial charge < -0.3 is 10.2 Å². The second-order valence-electron chi connectivity index (χ2n) is 5.14. The molecule has 0 spiro atoms. The molecule has 0 aliphatic heterocycles. The predicted molar refractivity (Wildman–Crippen MR) is 62.9 cm³/mol. The van der Waals surface area contributed by atoms with E-state index in [-0.39, 0.29) is 11.2 Å². The molecule has 3 heteroatoms. The molecular formula is C13H20O3. The van der Waals surface area contributed by atoms with Crippen LogP contribution in [0.3, 0.4) is 0 Å².